The molecule has 4 fully saturated rings. The first-order valence-electron chi connectivity index (χ1n) is 23.8. The van der Waals surface area contributed by atoms with Crippen molar-refractivity contribution in [2.75, 3.05) is 56.3 Å². The third-order valence-electron chi connectivity index (χ3n) is 14.8. The number of aromatic nitrogens is 2. The number of amides is 1. The smallest absolute Gasteiger partial charge is 0.297 e. The number of carbonyl (C=O) groups excluding carboxylic acids is 1. The van der Waals surface area contributed by atoms with Gasteiger partial charge < -0.3 is 34.1 Å². The Morgan fingerprint density at radius 2 is 1.81 bits per heavy atom. The van der Waals surface area contributed by atoms with Crippen molar-refractivity contribution in [1.82, 2.24) is 19.6 Å². The number of likely N-dealkylation sites (tertiary alicyclic amines) is 1. The van der Waals surface area contributed by atoms with Crippen LogP contribution in [0.1, 0.15) is 106 Å². The van der Waals surface area contributed by atoms with Crippen LogP contribution in [0, 0.1) is 21.4 Å². The van der Waals surface area contributed by atoms with Crippen LogP contribution >= 0.6 is 0 Å². The molecule has 2 aromatic heterocycles. The number of hydrogen-bond donors (Lipinski definition) is 3. The standard InChI is InChI=1S/C50H59N7O9S/c1-4-64-49-45(24-33-13-18-51-47(33)53-49)66-43-25-34(55-20-16-50(17-21-55)28-35(29-50)56-19-7-10-41(56)38-9-6-5-8-37(38)31(2)3)11-12-39(43)48(58)54-67(61,62)36-26-42(57(59)60)46-44(27-36)65-30-40(52-46)32-14-22-63-23-15-32/h5-6,8-9,11-13,18,24-27,31-32,35,40-41,52H,4,7,10,14-17,19-23,28-30H2,1-3H3,(H,51,53)(H,54,58)/t40-,41-/m1/s1. The molecule has 1 spiro atoms. The van der Waals surface area contributed by atoms with Crippen LogP contribution in [-0.4, -0.2) is 92.3 Å². The molecule has 17 heteroatoms. The van der Waals surface area contributed by atoms with Gasteiger partial charge >= 0.3 is 0 Å². The molecule has 4 aliphatic heterocycles. The lowest BCUT2D eigenvalue weighted by molar-refractivity contribution is -0.384. The van der Waals surface area contributed by atoms with Crippen molar-refractivity contribution in [3.63, 3.8) is 0 Å². The Morgan fingerprint density at radius 1 is 1.01 bits per heavy atom. The van der Waals surface area contributed by atoms with Crippen LogP contribution in [0.4, 0.5) is 17.1 Å². The first kappa shape index (κ1) is 44.9. The number of anilines is 2. The van der Waals surface area contributed by atoms with Gasteiger partial charge in [0.2, 0.25) is 0 Å². The van der Waals surface area contributed by atoms with E-state index in [1.807, 2.05) is 19.1 Å². The highest BCUT2D eigenvalue weighted by molar-refractivity contribution is 7.90. The second-order valence-corrected chi connectivity index (χ2v) is 20.9. The molecule has 1 aliphatic carbocycles. The molecular weight excluding hydrogens is 875 g/mol. The van der Waals surface area contributed by atoms with Gasteiger partial charge in [0.15, 0.2) is 17.2 Å². The molecule has 0 unspecified atom stereocenters. The number of piperidine rings is 1. The number of fused-ring (bicyclic) bond motifs is 2. The van der Waals surface area contributed by atoms with Crippen LogP contribution in [0.15, 0.2) is 77.8 Å². The monoisotopic (exact) mass is 933 g/mol. The fraction of sp³-hybridized carbons (Fsp3) is 0.480. The molecule has 3 N–H and O–H groups in total. The Hall–Kier alpha value is -5.91. The van der Waals surface area contributed by atoms with Gasteiger partial charge in [-0.05, 0) is 117 Å². The summed E-state index contributed by atoms with van der Waals surface area (Å²) in [6, 6.07) is 20.7. The minimum Gasteiger partial charge on any atom is -0.489 e. The normalized spacial score (nSPS) is 21.1. The summed E-state index contributed by atoms with van der Waals surface area (Å²) in [5.74, 6) is 0.226. The molecule has 1 amide bonds. The number of nitro groups is 1. The Labute approximate surface area is 390 Å². The van der Waals surface area contributed by atoms with E-state index in [9.17, 15) is 23.3 Å². The molecule has 0 radical (unpaired) electrons. The van der Waals surface area contributed by atoms with Crippen LogP contribution in [0.3, 0.4) is 0 Å². The highest BCUT2D eigenvalue weighted by Crippen LogP contribution is 2.54. The van der Waals surface area contributed by atoms with E-state index in [4.69, 9.17) is 18.9 Å². The molecule has 5 aliphatic rings. The van der Waals surface area contributed by atoms with Gasteiger partial charge in [-0.15, -0.1) is 0 Å². The number of benzene rings is 3. The van der Waals surface area contributed by atoms with Gasteiger partial charge in [-0.25, -0.2) is 13.1 Å². The lowest BCUT2D eigenvalue weighted by atomic mass is 9.59. The Kier molecular flexibility index (Phi) is 12.3. The second-order valence-electron chi connectivity index (χ2n) is 19.2. The van der Waals surface area contributed by atoms with Crippen molar-refractivity contribution in [3.8, 4) is 23.1 Å². The number of sulfonamides is 1. The van der Waals surface area contributed by atoms with E-state index in [1.54, 1.807) is 24.4 Å². The summed E-state index contributed by atoms with van der Waals surface area (Å²) in [6.07, 6.45) is 10.2. The fourth-order valence-corrected chi connectivity index (χ4v) is 12.2. The average Bonchev–Trinajstić information content (AvgIpc) is 4.00. The van der Waals surface area contributed by atoms with E-state index in [1.165, 1.54) is 42.9 Å². The van der Waals surface area contributed by atoms with Gasteiger partial charge in [0.1, 0.15) is 18.0 Å². The summed E-state index contributed by atoms with van der Waals surface area (Å²) >= 11 is 0. The highest BCUT2D eigenvalue weighted by atomic mass is 32.2. The van der Waals surface area contributed by atoms with Gasteiger partial charge in [-0.2, -0.15) is 4.98 Å². The molecule has 3 saturated heterocycles. The number of nitrogens with zero attached hydrogens (tertiary/aromatic N) is 4. The van der Waals surface area contributed by atoms with Crippen LogP contribution in [0.25, 0.3) is 11.0 Å². The average molecular weight is 934 g/mol. The summed E-state index contributed by atoms with van der Waals surface area (Å²) in [5, 5.41) is 16.4. The predicted molar refractivity (Wildman–Crippen MR) is 254 cm³/mol. The zero-order valence-corrected chi connectivity index (χ0v) is 39.1. The summed E-state index contributed by atoms with van der Waals surface area (Å²) in [5.41, 5.74) is 4.21. The number of rotatable bonds is 13. The van der Waals surface area contributed by atoms with Crippen molar-refractivity contribution < 1.29 is 37.1 Å². The van der Waals surface area contributed by atoms with Crippen molar-refractivity contribution in [2.24, 2.45) is 11.3 Å². The van der Waals surface area contributed by atoms with E-state index < -0.39 is 31.4 Å². The molecule has 354 valence electrons. The Morgan fingerprint density at radius 3 is 2.57 bits per heavy atom. The van der Waals surface area contributed by atoms with Gasteiger partial charge in [0.05, 0.1) is 28.0 Å². The highest BCUT2D eigenvalue weighted by Gasteiger charge is 2.50. The number of H-pyrrole nitrogens is 1. The lowest BCUT2D eigenvalue weighted by Crippen LogP contribution is -2.54. The van der Waals surface area contributed by atoms with Gasteiger partial charge in [0, 0.05) is 73.9 Å². The molecule has 0 bridgehead atoms. The van der Waals surface area contributed by atoms with Crippen molar-refractivity contribution in [3.05, 3.63) is 99.7 Å². The third kappa shape index (κ3) is 8.88. The maximum Gasteiger partial charge on any atom is 0.297 e. The summed E-state index contributed by atoms with van der Waals surface area (Å²) in [6.45, 7) is 10.8. The fourth-order valence-electron chi connectivity index (χ4n) is 11.2. The molecule has 2 atom stereocenters. The summed E-state index contributed by atoms with van der Waals surface area (Å²) in [4.78, 5) is 38.3. The van der Waals surface area contributed by atoms with Crippen LogP contribution in [0.5, 0.6) is 23.1 Å². The van der Waals surface area contributed by atoms with E-state index >= 15 is 0 Å². The number of carbonyl (C=O) groups is 1. The van der Waals surface area contributed by atoms with E-state index in [2.05, 4.69) is 67.9 Å². The molecule has 67 heavy (non-hydrogen) atoms. The van der Waals surface area contributed by atoms with Crippen molar-refractivity contribution >= 4 is 44.0 Å². The van der Waals surface area contributed by atoms with Gasteiger partial charge in [-0.1, -0.05) is 38.1 Å². The number of nitro benzene ring substituents is 1. The number of aromatic amines is 1. The Bertz CT molecular complexity index is 2780. The van der Waals surface area contributed by atoms with Gasteiger partial charge in [0.25, 0.3) is 27.5 Å². The summed E-state index contributed by atoms with van der Waals surface area (Å²) < 4.78 is 54.1. The quantitative estimate of drug-likeness (QED) is 0.0749. The minimum absolute atomic E-state index is 0.0168. The first-order chi connectivity index (χ1) is 32.4. The largest absolute Gasteiger partial charge is 0.489 e. The molecule has 10 rings (SSSR count). The first-order valence-corrected chi connectivity index (χ1v) is 25.3. The zero-order valence-electron chi connectivity index (χ0n) is 38.3. The number of hydrogen-bond acceptors (Lipinski definition) is 13. The van der Waals surface area contributed by atoms with E-state index in [-0.39, 0.29) is 58.4 Å². The lowest BCUT2D eigenvalue weighted by Gasteiger charge is -2.56. The second kappa shape index (κ2) is 18.3. The van der Waals surface area contributed by atoms with Crippen LogP contribution in [0.2, 0.25) is 0 Å². The van der Waals surface area contributed by atoms with Gasteiger partial charge in [-0.3, -0.25) is 19.8 Å². The molecule has 6 heterocycles. The van der Waals surface area contributed by atoms with Crippen LogP contribution in [-0.2, 0) is 14.8 Å². The maximum atomic E-state index is 14.2. The maximum absolute atomic E-state index is 14.2. The van der Waals surface area contributed by atoms with Crippen LogP contribution < -0.4 is 29.1 Å². The molecule has 3 aromatic carbocycles. The number of ether oxygens (including phenoxy) is 4. The molecule has 5 aromatic rings. The molecule has 16 nitrogen and oxygen atoms in total. The summed E-state index contributed by atoms with van der Waals surface area (Å²) in [7, 11) is -4.67. The Balaban J connectivity index is 0.887. The number of nitrogens with one attached hydrogen (secondary N) is 3. The predicted octanol–water partition coefficient (Wildman–Crippen LogP) is 9.09. The van der Waals surface area contributed by atoms with Crippen molar-refractivity contribution in [1.29, 1.82) is 0 Å². The zero-order chi connectivity index (χ0) is 46.5. The van der Waals surface area contributed by atoms with E-state index in [0.29, 0.717) is 43.5 Å². The van der Waals surface area contributed by atoms with E-state index in [0.717, 1.165) is 62.5 Å². The third-order valence-corrected chi connectivity index (χ3v) is 16.1. The SMILES string of the molecule is CCOc1nc2[nH]ccc2cc1Oc1cc(N2CCC3(CC2)CC(N2CCC[C@@H]2c2ccccc2C(C)C)C3)ccc1C(=O)NS(=O)(=O)c1cc2c(c([N+](=O)[O-])c1)N[C@@H](C1CCOCC1)CO2. The topological polar surface area (TPSA) is 190 Å². The molecule has 1 saturated carbocycles. The number of pyridine rings is 1. The van der Waals surface area contributed by atoms with Crippen molar-refractivity contribution in [2.45, 2.75) is 101 Å². The molecular formula is C50H59N7O9S. The minimum atomic E-state index is -4.67.